The van der Waals surface area contributed by atoms with Crippen LogP contribution < -0.4 is 10.1 Å². The zero-order valence-electron chi connectivity index (χ0n) is 13.4. The molecule has 0 unspecified atom stereocenters. The quantitative estimate of drug-likeness (QED) is 0.833. The fourth-order valence-corrected chi connectivity index (χ4v) is 2.11. The van der Waals surface area contributed by atoms with Crippen LogP contribution in [0.15, 0.2) is 48.8 Å². The van der Waals surface area contributed by atoms with Gasteiger partial charge in [-0.25, -0.2) is 0 Å². The van der Waals surface area contributed by atoms with Gasteiger partial charge in [-0.15, -0.1) is 0 Å². The summed E-state index contributed by atoms with van der Waals surface area (Å²) in [5.74, 6) is 0.235. The lowest BCUT2D eigenvalue weighted by atomic mass is 10.1. The van der Waals surface area contributed by atoms with E-state index in [0.29, 0.717) is 11.3 Å². The van der Waals surface area contributed by atoms with E-state index in [2.05, 4.69) is 10.3 Å². The second kappa shape index (κ2) is 7.54. The summed E-state index contributed by atoms with van der Waals surface area (Å²) in [5.41, 5.74) is 1.53. The Labute approximate surface area is 135 Å². The fraction of sp³-hybridized carbons (Fsp3) is 0.278. The van der Waals surface area contributed by atoms with E-state index < -0.39 is 6.10 Å². The molecule has 0 spiro atoms. The molecule has 0 aliphatic heterocycles. The van der Waals surface area contributed by atoms with Crippen LogP contribution in [0.2, 0.25) is 0 Å². The topological polar surface area (TPSA) is 68.3 Å². The van der Waals surface area contributed by atoms with E-state index in [-0.39, 0.29) is 17.7 Å². The molecule has 0 aliphatic carbocycles. The standard InChI is InChI=1S/C18H20N2O3/c1-12(15-7-9-19-10-8-15)20-18(22)14(3)23-17-6-4-5-16(11-17)13(2)21/h4-12,14H,1-3H3,(H,20,22)/t12-,14+/m0/s1. The highest BCUT2D eigenvalue weighted by molar-refractivity contribution is 5.94. The average Bonchev–Trinajstić information content (AvgIpc) is 2.55. The van der Waals surface area contributed by atoms with E-state index in [1.54, 1.807) is 43.6 Å². The minimum Gasteiger partial charge on any atom is -0.481 e. The molecule has 0 saturated carbocycles. The lowest BCUT2D eigenvalue weighted by Gasteiger charge is -2.19. The van der Waals surface area contributed by atoms with Crippen molar-refractivity contribution in [3.8, 4) is 5.75 Å². The third-order valence-electron chi connectivity index (χ3n) is 3.49. The smallest absolute Gasteiger partial charge is 0.261 e. The number of carbonyl (C=O) groups excluding carboxylic acids is 2. The van der Waals surface area contributed by atoms with Crippen molar-refractivity contribution in [2.24, 2.45) is 0 Å². The Morgan fingerprint density at radius 1 is 1.13 bits per heavy atom. The number of aromatic nitrogens is 1. The number of carbonyl (C=O) groups is 2. The van der Waals surface area contributed by atoms with Crippen molar-refractivity contribution in [1.82, 2.24) is 10.3 Å². The van der Waals surface area contributed by atoms with Gasteiger partial charge in [0.1, 0.15) is 5.75 Å². The van der Waals surface area contributed by atoms with E-state index in [1.807, 2.05) is 19.1 Å². The second-order valence-electron chi connectivity index (χ2n) is 5.35. The van der Waals surface area contributed by atoms with Gasteiger partial charge in [-0.2, -0.15) is 0 Å². The molecule has 1 N–H and O–H groups in total. The average molecular weight is 312 g/mol. The Kier molecular flexibility index (Phi) is 5.46. The molecule has 0 fully saturated rings. The van der Waals surface area contributed by atoms with E-state index in [1.165, 1.54) is 6.92 Å². The first-order valence-electron chi connectivity index (χ1n) is 7.45. The molecule has 0 saturated heterocycles. The summed E-state index contributed by atoms with van der Waals surface area (Å²) in [7, 11) is 0. The van der Waals surface area contributed by atoms with Gasteiger partial charge in [-0.3, -0.25) is 14.6 Å². The Morgan fingerprint density at radius 2 is 1.83 bits per heavy atom. The number of hydrogen-bond acceptors (Lipinski definition) is 4. The number of ketones is 1. The summed E-state index contributed by atoms with van der Waals surface area (Å²) in [4.78, 5) is 27.6. The molecule has 0 bridgehead atoms. The van der Waals surface area contributed by atoms with Crippen LogP contribution in [0.5, 0.6) is 5.75 Å². The number of ether oxygens (including phenoxy) is 1. The number of Topliss-reactive ketones (excluding diaryl/α,β-unsaturated/α-hetero) is 1. The third-order valence-corrected chi connectivity index (χ3v) is 3.49. The number of hydrogen-bond donors (Lipinski definition) is 1. The molecule has 5 nitrogen and oxygen atoms in total. The van der Waals surface area contributed by atoms with Crippen LogP contribution in [-0.4, -0.2) is 22.8 Å². The maximum Gasteiger partial charge on any atom is 0.261 e. The summed E-state index contributed by atoms with van der Waals surface area (Å²) >= 11 is 0. The molecule has 2 atom stereocenters. The first kappa shape index (κ1) is 16.7. The number of nitrogens with zero attached hydrogens (tertiary/aromatic N) is 1. The first-order chi connectivity index (χ1) is 11.0. The molecular formula is C18H20N2O3. The molecule has 1 aromatic heterocycles. The summed E-state index contributed by atoms with van der Waals surface area (Å²) in [6.45, 7) is 5.07. The molecule has 0 aliphatic rings. The minimum atomic E-state index is -0.665. The summed E-state index contributed by atoms with van der Waals surface area (Å²) in [5, 5.41) is 2.89. The van der Waals surface area contributed by atoms with Crippen molar-refractivity contribution >= 4 is 11.7 Å². The number of benzene rings is 1. The first-order valence-corrected chi connectivity index (χ1v) is 7.45. The molecule has 120 valence electrons. The summed E-state index contributed by atoms with van der Waals surface area (Å²) in [6.07, 6.45) is 2.71. The number of pyridine rings is 1. The van der Waals surface area contributed by atoms with E-state index in [9.17, 15) is 9.59 Å². The Bertz CT molecular complexity index is 686. The Hall–Kier alpha value is -2.69. The lowest BCUT2D eigenvalue weighted by Crippen LogP contribution is -2.37. The van der Waals surface area contributed by atoms with Crippen molar-refractivity contribution in [2.45, 2.75) is 32.9 Å². The molecule has 5 heteroatoms. The predicted molar refractivity (Wildman–Crippen MR) is 87.3 cm³/mol. The second-order valence-corrected chi connectivity index (χ2v) is 5.35. The Balaban J connectivity index is 1.97. The van der Waals surface area contributed by atoms with Crippen molar-refractivity contribution in [3.05, 3.63) is 59.9 Å². The van der Waals surface area contributed by atoms with Crippen LogP contribution in [0.1, 0.15) is 42.7 Å². The number of nitrogens with one attached hydrogen (secondary N) is 1. The molecular weight excluding hydrogens is 292 g/mol. The number of rotatable bonds is 6. The third kappa shape index (κ3) is 4.64. The van der Waals surface area contributed by atoms with E-state index in [0.717, 1.165) is 5.56 Å². The van der Waals surface area contributed by atoms with Gasteiger partial charge in [0.05, 0.1) is 6.04 Å². The zero-order chi connectivity index (χ0) is 16.8. The van der Waals surface area contributed by atoms with Gasteiger partial charge in [-0.05, 0) is 50.6 Å². The highest BCUT2D eigenvalue weighted by atomic mass is 16.5. The van der Waals surface area contributed by atoms with E-state index in [4.69, 9.17) is 4.74 Å². The highest BCUT2D eigenvalue weighted by Gasteiger charge is 2.18. The van der Waals surface area contributed by atoms with Gasteiger partial charge in [0.25, 0.3) is 5.91 Å². The van der Waals surface area contributed by atoms with Crippen LogP contribution in [0, 0.1) is 0 Å². The summed E-state index contributed by atoms with van der Waals surface area (Å²) < 4.78 is 5.63. The van der Waals surface area contributed by atoms with Crippen LogP contribution >= 0.6 is 0 Å². The maximum absolute atomic E-state index is 12.2. The van der Waals surface area contributed by atoms with Gasteiger partial charge in [0, 0.05) is 18.0 Å². The van der Waals surface area contributed by atoms with Gasteiger partial charge in [0.15, 0.2) is 11.9 Å². The lowest BCUT2D eigenvalue weighted by molar-refractivity contribution is -0.127. The summed E-state index contributed by atoms with van der Waals surface area (Å²) in [6, 6.07) is 10.4. The van der Waals surface area contributed by atoms with Crippen molar-refractivity contribution in [1.29, 1.82) is 0 Å². The Morgan fingerprint density at radius 3 is 2.48 bits per heavy atom. The molecule has 23 heavy (non-hydrogen) atoms. The van der Waals surface area contributed by atoms with Crippen molar-refractivity contribution in [2.75, 3.05) is 0 Å². The van der Waals surface area contributed by atoms with E-state index >= 15 is 0 Å². The SMILES string of the molecule is CC(=O)c1cccc(O[C@H](C)C(=O)N[C@@H](C)c2ccncc2)c1. The van der Waals surface area contributed by atoms with Crippen LogP contribution in [0.25, 0.3) is 0 Å². The normalized spacial score (nSPS) is 13.0. The predicted octanol–water partition coefficient (Wildman–Crippen LogP) is 2.93. The highest BCUT2D eigenvalue weighted by Crippen LogP contribution is 2.16. The van der Waals surface area contributed by atoms with Crippen LogP contribution in [0.4, 0.5) is 0 Å². The van der Waals surface area contributed by atoms with Gasteiger partial charge in [-0.1, -0.05) is 12.1 Å². The molecule has 0 radical (unpaired) electrons. The zero-order valence-corrected chi connectivity index (χ0v) is 13.4. The van der Waals surface area contributed by atoms with Crippen LogP contribution in [0.3, 0.4) is 0 Å². The fourth-order valence-electron chi connectivity index (χ4n) is 2.11. The molecule has 1 heterocycles. The van der Waals surface area contributed by atoms with Gasteiger partial charge < -0.3 is 10.1 Å². The molecule has 2 rings (SSSR count). The van der Waals surface area contributed by atoms with Gasteiger partial charge >= 0.3 is 0 Å². The largest absolute Gasteiger partial charge is 0.481 e. The van der Waals surface area contributed by atoms with Crippen LogP contribution in [-0.2, 0) is 4.79 Å². The molecule has 1 aromatic carbocycles. The maximum atomic E-state index is 12.2. The molecule has 2 aromatic rings. The number of amides is 1. The van der Waals surface area contributed by atoms with Gasteiger partial charge in [0.2, 0.25) is 0 Å². The molecule has 1 amide bonds. The monoisotopic (exact) mass is 312 g/mol. The van der Waals surface area contributed by atoms with Crippen molar-refractivity contribution in [3.63, 3.8) is 0 Å². The van der Waals surface area contributed by atoms with Crippen molar-refractivity contribution < 1.29 is 14.3 Å². The minimum absolute atomic E-state index is 0.0427.